The average Bonchev–Trinajstić information content (AvgIpc) is 2.45. The minimum atomic E-state index is -0.875. The van der Waals surface area contributed by atoms with Crippen LogP contribution in [0.3, 0.4) is 0 Å². The number of H-pyrrole nitrogens is 1. The van der Waals surface area contributed by atoms with Gasteiger partial charge < -0.3 is 9.88 Å². The van der Waals surface area contributed by atoms with Crippen LogP contribution in [0.2, 0.25) is 0 Å². The smallest absolute Gasteiger partial charge is 0.317 e. The lowest BCUT2D eigenvalue weighted by molar-refractivity contribution is -0.131. The van der Waals surface area contributed by atoms with Crippen LogP contribution in [0.4, 0.5) is 4.39 Å². The van der Waals surface area contributed by atoms with E-state index in [1.165, 1.54) is 12.1 Å². The summed E-state index contributed by atoms with van der Waals surface area (Å²) in [5.41, 5.74) is -1.19. The van der Waals surface area contributed by atoms with Crippen LogP contribution in [0, 0.1) is 5.82 Å². The van der Waals surface area contributed by atoms with Crippen molar-refractivity contribution in [3.63, 3.8) is 0 Å². The number of likely N-dealkylation sites (N-methyl/N-ethyl adjacent to an activating group) is 1. The van der Waals surface area contributed by atoms with E-state index < -0.39 is 16.9 Å². The van der Waals surface area contributed by atoms with Gasteiger partial charge in [0.05, 0.1) is 11.0 Å². The number of rotatable bonds is 4. The molecule has 0 bridgehead atoms. The highest BCUT2D eigenvalue weighted by Gasteiger charge is 2.15. The van der Waals surface area contributed by atoms with E-state index in [4.69, 9.17) is 0 Å². The Hall–Kier alpha value is -2.44. The fourth-order valence-corrected chi connectivity index (χ4v) is 2.22. The molecule has 0 aliphatic rings. The Balaban J connectivity index is 2.57. The van der Waals surface area contributed by atoms with Gasteiger partial charge in [0.25, 0.3) is 0 Å². The first-order valence-electron chi connectivity index (χ1n) is 6.68. The Kier molecular flexibility index (Phi) is 4.21. The molecule has 112 valence electrons. The third kappa shape index (κ3) is 2.86. The third-order valence-electron chi connectivity index (χ3n) is 3.35. The monoisotopic (exact) mass is 293 g/mol. The number of carbonyl (C=O) groups excluding carboxylic acids is 1. The number of amides is 1. The van der Waals surface area contributed by atoms with Crippen LogP contribution < -0.4 is 11.1 Å². The van der Waals surface area contributed by atoms with E-state index in [9.17, 15) is 18.8 Å². The molecule has 1 aromatic heterocycles. The van der Waals surface area contributed by atoms with Gasteiger partial charge in [0.1, 0.15) is 12.4 Å². The first kappa shape index (κ1) is 15.0. The molecule has 0 aliphatic heterocycles. The minimum absolute atomic E-state index is 0.187. The standard InChI is InChI=1S/C14H16FN3O3/c1-3-17(4-2)12(19)8-18-11-6-5-9(15)7-10(11)16-13(20)14(18)21/h5-7H,3-4,8H2,1-2H3,(H,16,20). The lowest BCUT2D eigenvalue weighted by Crippen LogP contribution is -2.41. The Bertz CT molecular complexity index is 790. The van der Waals surface area contributed by atoms with E-state index >= 15 is 0 Å². The SMILES string of the molecule is CCN(CC)C(=O)Cn1c(=O)c(=O)[nH]c2cc(F)ccc21. The van der Waals surface area contributed by atoms with Crippen molar-refractivity contribution in [2.45, 2.75) is 20.4 Å². The Labute approximate surface area is 119 Å². The van der Waals surface area contributed by atoms with E-state index in [0.29, 0.717) is 18.6 Å². The van der Waals surface area contributed by atoms with Crippen LogP contribution in [0.1, 0.15) is 13.8 Å². The molecule has 2 aromatic rings. The molecule has 0 radical (unpaired) electrons. The number of nitrogens with zero attached hydrogens (tertiary/aromatic N) is 2. The topological polar surface area (TPSA) is 75.2 Å². The molecule has 0 fully saturated rings. The van der Waals surface area contributed by atoms with Crippen molar-refractivity contribution in [1.29, 1.82) is 0 Å². The molecule has 1 heterocycles. The highest BCUT2D eigenvalue weighted by atomic mass is 19.1. The predicted octanol–water partition coefficient (Wildman–Crippen LogP) is 0.697. The second-order valence-electron chi connectivity index (χ2n) is 4.57. The van der Waals surface area contributed by atoms with Crippen molar-refractivity contribution in [1.82, 2.24) is 14.5 Å². The molecule has 0 aliphatic carbocycles. The van der Waals surface area contributed by atoms with Gasteiger partial charge in [-0.3, -0.25) is 19.0 Å². The molecule has 1 N–H and O–H groups in total. The number of hydrogen-bond donors (Lipinski definition) is 1. The van der Waals surface area contributed by atoms with E-state index in [1.807, 2.05) is 13.8 Å². The predicted molar refractivity (Wildman–Crippen MR) is 76.7 cm³/mol. The molecule has 2 rings (SSSR count). The van der Waals surface area contributed by atoms with Crippen LogP contribution in [0.25, 0.3) is 11.0 Å². The number of carbonyl (C=O) groups is 1. The summed E-state index contributed by atoms with van der Waals surface area (Å²) >= 11 is 0. The molecule has 1 amide bonds. The van der Waals surface area contributed by atoms with Crippen LogP contribution in [-0.4, -0.2) is 33.4 Å². The van der Waals surface area contributed by atoms with Gasteiger partial charge in [-0.05, 0) is 32.0 Å². The van der Waals surface area contributed by atoms with Crippen LogP contribution in [-0.2, 0) is 11.3 Å². The fraction of sp³-hybridized carbons (Fsp3) is 0.357. The number of halogens is 1. The zero-order chi connectivity index (χ0) is 15.6. The molecule has 0 saturated heterocycles. The normalized spacial score (nSPS) is 10.8. The number of nitrogens with one attached hydrogen (secondary N) is 1. The van der Waals surface area contributed by atoms with Gasteiger partial charge >= 0.3 is 11.1 Å². The second-order valence-corrected chi connectivity index (χ2v) is 4.57. The first-order chi connectivity index (χ1) is 9.97. The fourth-order valence-electron chi connectivity index (χ4n) is 2.22. The van der Waals surface area contributed by atoms with Gasteiger partial charge in [-0.2, -0.15) is 0 Å². The number of aromatic nitrogens is 2. The zero-order valence-electron chi connectivity index (χ0n) is 11.9. The van der Waals surface area contributed by atoms with Gasteiger partial charge in [-0.1, -0.05) is 0 Å². The second kappa shape index (κ2) is 5.90. The van der Waals surface area contributed by atoms with Crippen LogP contribution in [0.15, 0.2) is 27.8 Å². The van der Waals surface area contributed by atoms with Crippen molar-refractivity contribution in [2.24, 2.45) is 0 Å². The molecular formula is C14H16FN3O3. The zero-order valence-corrected chi connectivity index (χ0v) is 11.9. The minimum Gasteiger partial charge on any atom is -0.342 e. The van der Waals surface area contributed by atoms with E-state index in [1.54, 1.807) is 4.90 Å². The molecular weight excluding hydrogens is 277 g/mol. The van der Waals surface area contributed by atoms with Gasteiger partial charge in [0, 0.05) is 13.1 Å². The molecule has 6 nitrogen and oxygen atoms in total. The van der Waals surface area contributed by atoms with E-state index in [0.717, 1.165) is 10.6 Å². The van der Waals surface area contributed by atoms with Crippen molar-refractivity contribution >= 4 is 16.9 Å². The summed E-state index contributed by atoms with van der Waals surface area (Å²) < 4.78 is 14.3. The molecule has 7 heteroatoms. The van der Waals surface area contributed by atoms with Crippen molar-refractivity contribution < 1.29 is 9.18 Å². The van der Waals surface area contributed by atoms with Gasteiger partial charge in [0.2, 0.25) is 5.91 Å². The maximum absolute atomic E-state index is 13.2. The summed E-state index contributed by atoms with van der Waals surface area (Å²) in [5, 5.41) is 0. The number of aromatic amines is 1. The summed E-state index contributed by atoms with van der Waals surface area (Å²) in [7, 11) is 0. The summed E-state index contributed by atoms with van der Waals surface area (Å²) in [6.45, 7) is 4.44. The van der Waals surface area contributed by atoms with Crippen molar-refractivity contribution in [2.75, 3.05) is 13.1 Å². The summed E-state index contributed by atoms with van der Waals surface area (Å²) in [6.07, 6.45) is 0. The Morgan fingerprint density at radius 1 is 1.29 bits per heavy atom. The Morgan fingerprint density at radius 2 is 1.95 bits per heavy atom. The maximum Gasteiger partial charge on any atom is 0.317 e. The number of benzene rings is 1. The van der Waals surface area contributed by atoms with Crippen LogP contribution in [0.5, 0.6) is 0 Å². The van der Waals surface area contributed by atoms with Gasteiger partial charge in [-0.25, -0.2) is 4.39 Å². The lowest BCUT2D eigenvalue weighted by Gasteiger charge is -2.19. The van der Waals surface area contributed by atoms with Gasteiger partial charge in [0.15, 0.2) is 0 Å². The highest BCUT2D eigenvalue weighted by molar-refractivity contribution is 5.80. The average molecular weight is 293 g/mol. The molecule has 0 spiro atoms. The van der Waals surface area contributed by atoms with Gasteiger partial charge in [-0.15, -0.1) is 0 Å². The molecule has 0 saturated carbocycles. The molecule has 21 heavy (non-hydrogen) atoms. The summed E-state index contributed by atoms with van der Waals surface area (Å²) in [5.74, 6) is -0.795. The van der Waals surface area contributed by atoms with E-state index in [2.05, 4.69) is 4.98 Å². The quantitative estimate of drug-likeness (QED) is 0.843. The maximum atomic E-state index is 13.2. The highest BCUT2D eigenvalue weighted by Crippen LogP contribution is 2.10. The number of fused-ring (bicyclic) bond motifs is 1. The van der Waals surface area contributed by atoms with Crippen LogP contribution >= 0.6 is 0 Å². The molecule has 0 unspecified atom stereocenters. The van der Waals surface area contributed by atoms with E-state index in [-0.39, 0.29) is 18.0 Å². The van der Waals surface area contributed by atoms with Crippen molar-refractivity contribution in [3.05, 3.63) is 44.7 Å². The molecule has 0 atom stereocenters. The number of hydrogen-bond acceptors (Lipinski definition) is 3. The largest absolute Gasteiger partial charge is 0.342 e. The lowest BCUT2D eigenvalue weighted by atomic mass is 10.3. The summed E-state index contributed by atoms with van der Waals surface area (Å²) in [6, 6.07) is 3.67. The Morgan fingerprint density at radius 3 is 2.57 bits per heavy atom. The third-order valence-corrected chi connectivity index (χ3v) is 3.35. The van der Waals surface area contributed by atoms with Crippen molar-refractivity contribution in [3.8, 4) is 0 Å². The summed E-state index contributed by atoms with van der Waals surface area (Å²) in [4.78, 5) is 39.6. The first-order valence-corrected chi connectivity index (χ1v) is 6.68. The molecule has 1 aromatic carbocycles.